The van der Waals surface area contributed by atoms with Crippen molar-refractivity contribution in [1.82, 2.24) is 0 Å². The van der Waals surface area contributed by atoms with Gasteiger partial charge in [-0.3, -0.25) is 0 Å². The molecule has 3 aliphatic rings. The van der Waals surface area contributed by atoms with Crippen LogP contribution in [0.3, 0.4) is 0 Å². The lowest BCUT2D eigenvalue weighted by Crippen LogP contribution is -2.58. The molecule has 0 saturated heterocycles. The highest BCUT2D eigenvalue weighted by Crippen LogP contribution is 2.74. The second kappa shape index (κ2) is 14.2. The number of anilines is 3. The van der Waals surface area contributed by atoms with Gasteiger partial charge in [0.15, 0.2) is 0 Å². The van der Waals surface area contributed by atoms with Gasteiger partial charge in [0.2, 0.25) is 0 Å². The Kier molecular flexibility index (Phi) is 7.75. The minimum absolute atomic E-state index is 0.722. The Labute approximate surface area is 410 Å². The van der Waals surface area contributed by atoms with E-state index >= 15 is 0 Å². The van der Waals surface area contributed by atoms with Gasteiger partial charge in [-0.25, -0.2) is 0 Å². The minimum Gasteiger partial charge on any atom is -0.456 e. The molecule has 0 radical (unpaired) electrons. The summed E-state index contributed by atoms with van der Waals surface area (Å²) in [5.74, 6) is 0. The molecule has 0 amide bonds. The fraction of sp³-hybridized carbons (Fsp3) is 0.0294. The molecule has 0 unspecified atom stereocenters. The molecule has 0 bridgehead atoms. The zero-order chi connectivity index (χ0) is 46.4. The molecule has 2 heterocycles. The summed E-state index contributed by atoms with van der Waals surface area (Å²) in [6.07, 6.45) is 0. The van der Waals surface area contributed by atoms with E-state index in [1.807, 2.05) is 6.07 Å². The Balaban J connectivity index is 1.04. The molecule has 3 heteroatoms. The molecule has 330 valence electrons. The first-order valence-corrected chi connectivity index (χ1v) is 24.6. The smallest absolute Gasteiger partial charge is 0.143 e. The number of benzene rings is 11. The molecule has 0 fully saturated rings. The molecule has 16 rings (SSSR count). The molecule has 3 aliphatic carbocycles. The second-order valence-corrected chi connectivity index (χ2v) is 19.4. The van der Waals surface area contributed by atoms with E-state index in [9.17, 15) is 0 Å². The summed E-state index contributed by atoms with van der Waals surface area (Å²) in [6.45, 7) is 0. The van der Waals surface area contributed by atoms with Gasteiger partial charge >= 0.3 is 0 Å². The first-order chi connectivity index (χ1) is 35.2. The third-order valence-corrected chi connectivity index (χ3v) is 16.2. The highest BCUT2D eigenvalue weighted by atomic mass is 16.3. The molecule has 0 spiro atoms. The van der Waals surface area contributed by atoms with Crippen molar-refractivity contribution in [1.29, 1.82) is 0 Å². The molecule has 0 aliphatic heterocycles. The average Bonchev–Trinajstić information content (AvgIpc) is 4.03. The predicted octanol–water partition coefficient (Wildman–Crippen LogP) is 17.9. The van der Waals surface area contributed by atoms with Gasteiger partial charge < -0.3 is 13.7 Å². The summed E-state index contributed by atoms with van der Waals surface area (Å²) in [5.41, 5.74) is 22.4. The minimum atomic E-state index is -0.790. The fourth-order valence-corrected chi connectivity index (χ4v) is 13.6. The first-order valence-electron chi connectivity index (χ1n) is 24.6. The van der Waals surface area contributed by atoms with Gasteiger partial charge in [-0.15, -0.1) is 0 Å². The number of nitrogens with zero attached hydrogens (tertiary/aromatic N) is 1. The van der Waals surface area contributed by atoms with Crippen molar-refractivity contribution in [3.8, 4) is 44.5 Å². The molecule has 3 nitrogen and oxygen atoms in total. The van der Waals surface area contributed by atoms with Crippen molar-refractivity contribution in [3.05, 3.63) is 282 Å². The maximum absolute atomic E-state index is 7.12. The van der Waals surface area contributed by atoms with Crippen LogP contribution < -0.4 is 4.90 Å². The normalized spacial score (nSPS) is 16.8. The van der Waals surface area contributed by atoms with E-state index in [1.165, 1.54) is 72.1 Å². The van der Waals surface area contributed by atoms with E-state index < -0.39 is 10.8 Å². The van der Waals surface area contributed by atoms with Crippen LogP contribution >= 0.6 is 0 Å². The van der Waals surface area contributed by atoms with Gasteiger partial charge in [-0.05, 0) is 115 Å². The van der Waals surface area contributed by atoms with E-state index in [4.69, 9.17) is 8.83 Å². The topological polar surface area (TPSA) is 29.5 Å². The van der Waals surface area contributed by atoms with Crippen molar-refractivity contribution in [2.45, 2.75) is 10.8 Å². The summed E-state index contributed by atoms with van der Waals surface area (Å²) in [5, 5.41) is 4.57. The first kappa shape index (κ1) is 38.8. The van der Waals surface area contributed by atoms with Crippen LogP contribution in [0.2, 0.25) is 0 Å². The van der Waals surface area contributed by atoms with Crippen LogP contribution in [-0.4, -0.2) is 0 Å². The highest BCUT2D eigenvalue weighted by Gasteiger charge is 2.67. The molecular formula is C68H41NO2. The third kappa shape index (κ3) is 4.87. The van der Waals surface area contributed by atoms with E-state index in [1.54, 1.807) is 0 Å². The Bertz CT molecular complexity index is 4250. The quantitative estimate of drug-likeness (QED) is 0.172. The van der Waals surface area contributed by atoms with Crippen molar-refractivity contribution >= 4 is 60.9 Å². The summed E-state index contributed by atoms with van der Waals surface area (Å²) in [6, 6.07) is 91.9. The molecule has 0 N–H and O–H groups in total. The molecule has 71 heavy (non-hydrogen) atoms. The van der Waals surface area contributed by atoms with Gasteiger partial charge in [0, 0.05) is 44.0 Å². The predicted molar refractivity (Wildman–Crippen MR) is 290 cm³/mol. The van der Waals surface area contributed by atoms with E-state index in [2.05, 4.69) is 248 Å². The fourth-order valence-electron chi connectivity index (χ4n) is 13.6. The zero-order valence-electron chi connectivity index (χ0n) is 38.4. The van der Waals surface area contributed by atoms with Gasteiger partial charge in [-0.2, -0.15) is 0 Å². The molecule has 11 aromatic carbocycles. The second-order valence-electron chi connectivity index (χ2n) is 19.4. The van der Waals surface area contributed by atoms with E-state index in [-0.39, 0.29) is 0 Å². The SMILES string of the molecule is c1ccc(-c2ccc(N(c3ccc(-c4cccc5c4oc4ccccc45)cc3)c3ccc4oc5cccc6c5c4c3C34c5ccccc5-c5ccccc5C63c3ccccc3-c3ccccc34)cc2)cc1. The van der Waals surface area contributed by atoms with Crippen molar-refractivity contribution < 1.29 is 8.83 Å². The number of hydrogen-bond donors (Lipinski definition) is 0. The number of hydrogen-bond acceptors (Lipinski definition) is 3. The molecule has 0 saturated carbocycles. The molecule has 0 atom stereocenters. The monoisotopic (exact) mass is 903 g/mol. The van der Waals surface area contributed by atoms with Crippen molar-refractivity contribution in [3.63, 3.8) is 0 Å². The Morgan fingerprint density at radius 2 is 0.746 bits per heavy atom. The maximum atomic E-state index is 7.12. The van der Waals surface area contributed by atoms with Crippen LogP contribution in [0.1, 0.15) is 33.4 Å². The van der Waals surface area contributed by atoms with Gasteiger partial charge in [0.25, 0.3) is 0 Å². The zero-order valence-corrected chi connectivity index (χ0v) is 38.4. The van der Waals surface area contributed by atoms with Crippen LogP contribution in [-0.2, 0) is 10.8 Å². The summed E-state index contributed by atoms with van der Waals surface area (Å²) >= 11 is 0. The molecule has 2 aromatic heterocycles. The number of para-hydroxylation sites is 2. The number of fused-ring (bicyclic) bond motifs is 9. The van der Waals surface area contributed by atoms with Crippen LogP contribution in [0.5, 0.6) is 0 Å². The van der Waals surface area contributed by atoms with Crippen LogP contribution in [0, 0.1) is 0 Å². The lowest BCUT2D eigenvalue weighted by atomic mass is 9.39. The van der Waals surface area contributed by atoms with E-state index in [0.717, 1.165) is 66.7 Å². The number of furan rings is 2. The average molecular weight is 904 g/mol. The van der Waals surface area contributed by atoms with Crippen LogP contribution in [0.25, 0.3) is 88.4 Å². The standard InChI is InChI=1S/C68H41NO2/c1-2-16-42(17-3-1)43-32-36-45(37-33-43)69(46-38-34-44(35-39-46)47-23-14-24-53-52-22-8-13-30-60(52)71-66(47)53)59-40-41-62-64-63-58(29-15-31-61(63)70-62)67-54-25-9-4-18-48(54)50-20-6-11-27-56(50)68(67,65(59)64)57-28-12-7-21-51(57)49-19-5-10-26-55(49)67/h1-41H. The third-order valence-electron chi connectivity index (χ3n) is 16.2. The Morgan fingerprint density at radius 1 is 0.282 bits per heavy atom. The molecule has 13 aromatic rings. The maximum Gasteiger partial charge on any atom is 0.143 e. The highest BCUT2D eigenvalue weighted by molar-refractivity contribution is 6.17. The number of rotatable bonds is 5. The molecular weight excluding hydrogens is 863 g/mol. The van der Waals surface area contributed by atoms with Gasteiger partial charge in [0.05, 0.1) is 16.5 Å². The van der Waals surface area contributed by atoms with Crippen LogP contribution in [0.4, 0.5) is 17.1 Å². The van der Waals surface area contributed by atoms with Crippen LogP contribution in [0.15, 0.2) is 258 Å². The van der Waals surface area contributed by atoms with Gasteiger partial charge in [-0.1, -0.05) is 200 Å². The largest absolute Gasteiger partial charge is 0.456 e. The summed E-state index contributed by atoms with van der Waals surface area (Å²) in [4.78, 5) is 2.51. The lowest BCUT2D eigenvalue weighted by Gasteiger charge is -2.61. The van der Waals surface area contributed by atoms with Crippen molar-refractivity contribution in [2.24, 2.45) is 0 Å². The van der Waals surface area contributed by atoms with Gasteiger partial charge in [0.1, 0.15) is 22.3 Å². The Morgan fingerprint density at radius 3 is 1.39 bits per heavy atom. The Hall–Kier alpha value is -9.18. The summed E-state index contributed by atoms with van der Waals surface area (Å²) < 4.78 is 13.7. The summed E-state index contributed by atoms with van der Waals surface area (Å²) in [7, 11) is 0. The lowest BCUT2D eigenvalue weighted by molar-refractivity contribution is 0.412. The van der Waals surface area contributed by atoms with Crippen molar-refractivity contribution in [2.75, 3.05) is 4.90 Å². The van der Waals surface area contributed by atoms with E-state index in [0.29, 0.717) is 0 Å².